The van der Waals surface area contributed by atoms with Gasteiger partial charge >= 0.3 is 0 Å². The molecule has 0 saturated carbocycles. The zero-order valence-electron chi connectivity index (χ0n) is 15.5. The zero-order valence-corrected chi connectivity index (χ0v) is 16.3. The minimum atomic E-state index is -3.33. The van der Waals surface area contributed by atoms with E-state index in [4.69, 9.17) is 4.42 Å². The Balaban J connectivity index is 1.38. The molecule has 0 spiro atoms. The van der Waals surface area contributed by atoms with Crippen LogP contribution in [0.25, 0.3) is 6.08 Å². The molecule has 2 aromatic heterocycles. The standard InChI is InChI=1S/C19H24N4O4S/c24-19(8-7-17-5-3-15-27-17)21-10-4-16-28(25,26)23-13-11-22(12-14-23)18-6-1-2-9-20-18/h1-3,5-9,15H,4,10-14,16H2,(H,21,24). The fraction of sp³-hybridized carbons (Fsp3) is 0.368. The maximum Gasteiger partial charge on any atom is 0.244 e. The van der Waals surface area contributed by atoms with Crippen molar-refractivity contribution in [2.75, 3.05) is 43.4 Å². The first-order valence-corrected chi connectivity index (χ1v) is 10.8. The lowest BCUT2D eigenvalue weighted by molar-refractivity contribution is -0.116. The molecule has 1 amide bonds. The average molecular weight is 404 g/mol. The van der Waals surface area contributed by atoms with Crippen molar-refractivity contribution in [1.29, 1.82) is 0 Å². The smallest absolute Gasteiger partial charge is 0.244 e. The molecule has 150 valence electrons. The quantitative estimate of drug-likeness (QED) is 0.527. The molecule has 0 radical (unpaired) electrons. The first kappa shape index (κ1) is 20.1. The van der Waals surface area contributed by atoms with Crippen LogP contribution in [0.2, 0.25) is 0 Å². The number of rotatable bonds is 8. The van der Waals surface area contributed by atoms with Crippen LogP contribution in [0.15, 0.2) is 53.3 Å². The predicted octanol–water partition coefficient (Wildman–Crippen LogP) is 1.35. The number of anilines is 1. The van der Waals surface area contributed by atoms with Gasteiger partial charge in [0.05, 0.1) is 12.0 Å². The molecule has 2 aromatic rings. The van der Waals surface area contributed by atoms with E-state index in [0.717, 1.165) is 5.82 Å². The molecule has 0 aromatic carbocycles. The number of nitrogens with zero attached hydrogens (tertiary/aromatic N) is 3. The van der Waals surface area contributed by atoms with Crippen molar-refractivity contribution in [3.63, 3.8) is 0 Å². The highest BCUT2D eigenvalue weighted by atomic mass is 32.2. The van der Waals surface area contributed by atoms with E-state index in [1.807, 2.05) is 18.2 Å². The Bertz CT molecular complexity index is 874. The molecule has 0 unspecified atom stereocenters. The van der Waals surface area contributed by atoms with Gasteiger partial charge in [0.1, 0.15) is 11.6 Å². The second kappa shape index (κ2) is 9.52. The van der Waals surface area contributed by atoms with Crippen LogP contribution >= 0.6 is 0 Å². The Morgan fingerprint density at radius 3 is 2.68 bits per heavy atom. The van der Waals surface area contributed by atoms with Crippen LogP contribution in [-0.2, 0) is 14.8 Å². The highest BCUT2D eigenvalue weighted by Crippen LogP contribution is 2.15. The number of furan rings is 1. The Morgan fingerprint density at radius 2 is 2.00 bits per heavy atom. The van der Waals surface area contributed by atoms with Crippen LogP contribution in [0.3, 0.4) is 0 Å². The number of sulfonamides is 1. The number of hydrogen-bond donors (Lipinski definition) is 1. The summed E-state index contributed by atoms with van der Waals surface area (Å²) in [5, 5.41) is 2.68. The zero-order chi connectivity index (χ0) is 19.8. The maximum atomic E-state index is 12.5. The van der Waals surface area contributed by atoms with Gasteiger partial charge in [-0.05, 0) is 36.8 Å². The summed E-state index contributed by atoms with van der Waals surface area (Å²) in [6.07, 6.45) is 6.55. The molecule has 1 fully saturated rings. The second-order valence-corrected chi connectivity index (χ2v) is 8.47. The minimum Gasteiger partial charge on any atom is -0.465 e. The van der Waals surface area contributed by atoms with Crippen molar-refractivity contribution in [2.24, 2.45) is 0 Å². The van der Waals surface area contributed by atoms with Crippen LogP contribution in [0.5, 0.6) is 0 Å². The molecule has 1 aliphatic heterocycles. The lowest BCUT2D eigenvalue weighted by atomic mass is 10.3. The van der Waals surface area contributed by atoms with Crippen LogP contribution < -0.4 is 10.2 Å². The Hall–Kier alpha value is -2.65. The molecule has 1 saturated heterocycles. The van der Waals surface area contributed by atoms with Crippen molar-refractivity contribution >= 4 is 27.8 Å². The SMILES string of the molecule is O=C(C=Cc1ccco1)NCCCS(=O)(=O)N1CCN(c2ccccn2)CC1. The lowest BCUT2D eigenvalue weighted by Crippen LogP contribution is -2.49. The van der Waals surface area contributed by atoms with E-state index in [-0.39, 0.29) is 11.7 Å². The van der Waals surface area contributed by atoms with Crippen LogP contribution in [0, 0.1) is 0 Å². The molecule has 0 aliphatic carbocycles. The number of nitrogens with one attached hydrogen (secondary N) is 1. The third-order valence-electron chi connectivity index (χ3n) is 4.43. The van der Waals surface area contributed by atoms with E-state index < -0.39 is 10.0 Å². The van der Waals surface area contributed by atoms with E-state index >= 15 is 0 Å². The summed E-state index contributed by atoms with van der Waals surface area (Å²) in [5.74, 6) is 1.18. The first-order chi connectivity index (χ1) is 13.5. The average Bonchev–Trinajstić information content (AvgIpc) is 3.24. The molecule has 1 aliphatic rings. The monoisotopic (exact) mass is 404 g/mol. The van der Waals surface area contributed by atoms with Crippen molar-refractivity contribution in [1.82, 2.24) is 14.6 Å². The molecular weight excluding hydrogens is 380 g/mol. The summed E-state index contributed by atoms with van der Waals surface area (Å²) >= 11 is 0. The number of carbonyl (C=O) groups excluding carboxylic acids is 1. The van der Waals surface area contributed by atoms with Crippen LogP contribution in [0.4, 0.5) is 5.82 Å². The largest absolute Gasteiger partial charge is 0.465 e. The fourth-order valence-corrected chi connectivity index (χ4v) is 4.42. The Labute approximate surface area is 164 Å². The van der Waals surface area contributed by atoms with E-state index in [0.29, 0.717) is 44.9 Å². The molecule has 0 atom stereocenters. The summed E-state index contributed by atoms with van der Waals surface area (Å²) in [6, 6.07) is 9.18. The minimum absolute atomic E-state index is 0.0127. The third-order valence-corrected chi connectivity index (χ3v) is 6.38. The third kappa shape index (κ3) is 5.67. The summed E-state index contributed by atoms with van der Waals surface area (Å²) in [7, 11) is -3.33. The van der Waals surface area contributed by atoms with Gasteiger partial charge in [-0.25, -0.2) is 13.4 Å². The number of piperazine rings is 1. The summed E-state index contributed by atoms with van der Waals surface area (Å²) in [5.41, 5.74) is 0. The van der Waals surface area contributed by atoms with E-state index in [1.54, 1.807) is 24.4 Å². The van der Waals surface area contributed by atoms with Gasteiger partial charge in [0.15, 0.2) is 0 Å². The van der Waals surface area contributed by atoms with Gasteiger partial charge in [0.2, 0.25) is 15.9 Å². The second-order valence-electron chi connectivity index (χ2n) is 6.38. The van der Waals surface area contributed by atoms with Gasteiger partial charge < -0.3 is 14.6 Å². The van der Waals surface area contributed by atoms with E-state index in [2.05, 4.69) is 15.2 Å². The fourth-order valence-electron chi connectivity index (χ4n) is 2.93. The van der Waals surface area contributed by atoms with Gasteiger partial charge in [-0.1, -0.05) is 6.07 Å². The van der Waals surface area contributed by atoms with Crippen molar-refractivity contribution in [3.05, 3.63) is 54.6 Å². The predicted molar refractivity (Wildman–Crippen MR) is 107 cm³/mol. The molecule has 0 bridgehead atoms. The summed E-state index contributed by atoms with van der Waals surface area (Å²) in [6.45, 7) is 2.41. The van der Waals surface area contributed by atoms with Crippen molar-refractivity contribution in [3.8, 4) is 0 Å². The van der Waals surface area contributed by atoms with Crippen molar-refractivity contribution in [2.45, 2.75) is 6.42 Å². The normalized spacial score (nSPS) is 15.8. The van der Waals surface area contributed by atoms with Crippen LogP contribution in [0.1, 0.15) is 12.2 Å². The van der Waals surface area contributed by atoms with E-state index in [9.17, 15) is 13.2 Å². The topological polar surface area (TPSA) is 95.7 Å². The maximum absolute atomic E-state index is 12.5. The van der Waals surface area contributed by atoms with Crippen LogP contribution in [-0.4, -0.2) is 62.1 Å². The van der Waals surface area contributed by atoms with Gasteiger partial charge in [0.25, 0.3) is 0 Å². The molecule has 8 nitrogen and oxygen atoms in total. The Morgan fingerprint density at radius 1 is 1.18 bits per heavy atom. The number of pyridine rings is 1. The number of hydrogen-bond acceptors (Lipinski definition) is 6. The Kier molecular flexibility index (Phi) is 6.83. The highest BCUT2D eigenvalue weighted by Gasteiger charge is 2.26. The highest BCUT2D eigenvalue weighted by molar-refractivity contribution is 7.89. The molecule has 1 N–H and O–H groups in total. The van der Waals surface area contributed by atoms with Gasteiger partial charge in [-0.2, -0.15) is 4.31 Å². The molecule has 9 heteroatoms. The van der Waals surface area contributed by atoms with Gasteiger partial charge in [-0.3, -0.25) is 4.79 Å². The van der Waals surface area contributed by atoms with E-state index in [1.165, 1.54) is 16.6 Å². The lowest BCUT2D eigenvalue weighted by Gasteiger charge is -2.34. The summed E-state index contributed by atoms with van der Waals surface area (Å²) in [4.78, 5) is 18.1. The number of aromatic nitrogens is 1. The summed E-state index contributed by atoms with van der Waals surface area (Å²) < 4.78 is 31.6. The molecular formula is C19H24N4O4S. The first-order valence-electron chi connectivity index (χ1n) is 9.18. The van der Waals surface area contributed by atoms with Gasteiger partial charge in [-0.15, -0.1) is 0 Å². The molecule has 3 rings (SSSR count). The number of carbonyl (C=O) groups is 1. The molecule has 3 heterocycles. The van der Waals surface area contributed by atoms with Gasteiger partial charge in [0, 0.05) is 45.0 Å². The van der Waals surface area contributed by atoms with Crippen molar-refractivity contribution < 1.29 is 17.6 Å². The number of amides is 1. The molecule has 28 heavy (non-hydrogen) atoms.